The Morgan fingerprint density at radius 2 is 1.48 bits per heavy atom. The predicted molar refractivity (Wildman–Crippen MR) is 91.1 cm³/mol. The Morgan fingerprint density at radius 1 is 0.880 bits per heavy atom. The molecule has 0 aromatic heterocycles. The minimum atomic E-state index is -0.443. The lowest BCUT2D eigenvalue weighted by Crippen LogP contribution is -2.37. The summed E-state index contributed by atoms with van der Waals surface area (Å²) in [5.41, 5.74) is 2.08. The van der Waals surface area contributed by atoms with Gasteiger partial charge in [-0.3, -0.25) is 9.59 Å². The van der Waals surface area contributed by atoms with E-state index in [0.29, 0.717) is 40.2 Å². The highest BCUT2D eigenvalue weighted by atomic mass is 16.5. The van der Waals surface area contributed by atoms with E-state index in [9.17, 15) is 9.59 Å². The van der Waals surface area contributed by atoms with Gasteiger partial charge in [-0.05, 0) is 20.8 Å². The third-order valence-corrected chi connectivity index (χ3v) is 4.85. The zero-order valence-electron chi connectivity index (χ0n) is 15.3. The molecule has 0 N–H and O–H groups in total. The van der Waals surface area contributed by atoms with E-state index >= 15 is 0 Å². The van der Waals surface area contributed by atoms with E-state index in [1.54, 1.807) is 13.8 Å². The second kappa shape index (κ2) is 6.19. The third kappa shape index (κ3) is 2.35. The van der Waals surface area contributed by atoms with Crippen molar-refractivity contribution in [3.05, 3.63) is 27.8 Å². The van der Waals surface area contributed by atoms with E-state index in [-0.39, 0.29) is 29.0 Å². The number of rotatable bonds is 3. The van der Waals surface area contributed by atoms with E-state index in [1.165, 1.54) is 21.3 Å². The molecule has 0 saturated heterocycles. The number of ether oxygens (including phenoxy) is 4. The average molecular weight is 346 g/mol. The topological polar surface area (TPSA) is 71.1 Å². The Kier molecular flexibility index (Phi) is 4.33. The molecule has 2 atom stereocenters. The van der Waals surface area contributed by atoms with Gasteiger partial charge in [-0.15, -0.1) is 0 Å². The van der Waals surface area contributed by atoms with Crippen LogP contribution in [-0.4, -0.2) is 45.1 Å². The van der Waals surface area contributed by atoms with Gasteiger partial charge in [0.2, 0.25) is 5.75 Å². The van der Waals surface area contributed by atoms with E-state index in [0.717, 1.165) is 0 Å². The second-order valence-corrected chi connectivity index (χ2v) is 6.32. The van der Waals surface area contributed by atoms with Gasteiger partial charge in [0.15, 0.2) is 23.1 Å². The normalized spacial score (nSPS) is 22.5. The average Bonchev–Trinajstić information content (AvgIpc) is 2.57. The largest absolute Gasteiger partial charge is 0.492 e. The molecule has 0 saturated carbocycles. The van der Waals surface area contributed by atoms with Gasteiger partial charge in [-0.1, -0.05) is 0 Å². The number of ketones is 2. The molecule has 0 bridgehead atoms. The van der Waals surface area contributed by atoms with Crippen molar-refractivity contribution in [2.24, 2.45) is 0 Å². The van der Waals surface area contributed by atoms with Gasteiger partial charge >= 0.3 is 0 Å². The van der Waals surface area contributed by atoms with Gasteiger partial charge in [0, 0.05) is 28.7 Å². The fourth-order valence-corrected chi connectivity index (χ4v) is 3.86. The van der Waals surface area contributed by atoms with Crippen molar-refractivity contribution < 1.29 is 28.5 Å². The zero-order chi connectivity index (χ0) is 18.5. The summed E-state index contributed by atoms with van der Waals surface area (Å²) < 4.78 is 22.0. The van der Waals surface area contributed by atoms with E-state index in [4.69, 9.17) is 18.9 Å². The molecule has 0 amide bonds. The van der Waals surface area contributed by atoms with Gasteiger partial charge in [0.25, 0.3) is 0 Å². The molecule has 1 aromatic rings. The Labute approximate surface area is 146 Å². The summed E-state index contributed by atoms with van der Waals surface area (Å²) in [6.07, 6.45) is -0.143. The van der Waals surface area contributed by atoms with E-state index < -0.39 is 6.10 Å². The maximum absolute atomic E-state index is 13.2. The lowest BCUT2D eigenvalue weighted by atomic mass is 9.76. The number of methoxy groups -OCH3 is 3. The summed E-state index contributed by atoms with van der Waals surface area (Å²) in [4.78, 5) is 26.5. The molecule has 0 fully saturated rings. The predicted octanol–water partition coefficient (Wildman–Crippen LogP) is 2.89. The number of benzene rings is 1. The van der Waals surface area contributed by atoms with Gasteiger partial charge in [-0.25, -0.2) is 0 Å². The molecular formula is C19H22O6. The van der Waals surface area contributed by atoms with Crippen molar-refractivity contribution in [2.75, 3.05) is 21.3 Å². The van der Waals surface area contributed by atoms with Crippen LogP contribution in [0.4, 0.5) is 0 Å². The first kappa shape index (κ1) is 17.5. The molecule has 2 aliphatic rings. The van der Waals surface area contributed by atoms with Gasteiger partial charge < -0.3 is 18.9 Å². The zero-order valence-corrected chi connectivity index (χ0v) is 15.3. The number of hydrogen-bond donors (Lipinski definition) is 0. The minimum Gasteiger partial charge on any atom is -0.492 e. The molecule has 0 spiro atoms. The van der Waals surface area contributed by atoms with Crippen LogP contribution in [0.25, 0.3) is 0 Å². The molecule has 134 valence electrons. The summed E-state index contributed by atoms with van der Waals surface area (Å²) in [5, 5.41) is 0. The molecule has 0 radical (unpaired) electrons. The SMILES string of the molecule is COc1c(C)c2c(c(OC)c1OC)C(=O)C1=C(CC(C)O[C@@H]1C)C2=O. The molecule has 3 rings (SSSR count). The van der Waals surface area contributed by atoms with Crippen LogP contribution in [0.5, 0.6) is 17.2 Å². The maximum Gasteiger partial charge on any atom is 0.204 e. The molecule has 1 aliphatic heterocycles. The number of fused-ring (bicyclic) bond motifs is 1. The van der Waals surface area contributed by atoms with Crippen LogP contribution in [0.2, 0.25) is 0 Å². The van der Waals surface area contributed by atoms with Crippen molar-refractivity contribution in [3.8, 4) is 17.2 Å². The van der Waals surface area contributed by atoms with Crippen molar-refractivity contribution in [3.63, 3.8) is 0 Å². The molecule has 1 aliphatic carbocycles. The van der Waals surface area contributed by atoms with Crippen molar-refractivity contribution in [2.45, 2.75) is 39.4 Å². The van der Waals surface area contributed by atoms with E-state index in [2.05, 4.69) is 0 Å². The highest BCUT2D eigenvalue weighted by molar-refractivity contribution is 6.29. The Bertz CT molecular complexity index is 805. The van der Waals surface area contributed by atoms with Crippen LogP contribution in [0.3, 0.4) is 0 Å². The van der Waals surface area contributed by atoms with Crippen LogP contribution < -0.4 is 14.2 Å². The van der Waals surface area contributed by atoms with Gasteiger partial charge in [-0.2, -0.15) is 0 Å². The lowest BCUT2D eigenvalue weighted by molar-refractivity contribution is 0.0148. The number of Topliss-reactive ketones (excluding diaryl/α,β-unsaturated/α-hetero) is 2. The first-order valence-electron chi connectivity index (χ1n) is 8.17. The van der Waals surface area contributed by atoms with E-state index in [1.807, 2.05) is 6.92 Å². The summed E-state index contributed by atoms with van der Waals surface area (Å²) in [6, 6.07) is 0. The highest BCUT2D eigenvalue weighted by Crippen LogP contribution is 2.49. The smallest absolute Gasteiger partial charge is 0.204 e. The fraction of sp³-hybridized carbons (Fsp3) is 0.474. The number of carbonyl (C=O) groups excluding carboxylic acids is 2. The maximum atomic E-state index is 13.2. The summed E-state index contributed by atoms with van der Waals surface area (Å²) in [5.74, 6) is 0.518. The van der Waals surface area contributed by atoms with Crippen molar-refractivity contribution >= 4 is 11.6 Å². The number of carbonyl (C=O) groups is 2. The monoisotopic (exact) mass is 346 g/mol. The van der Waals surface area contributed by atoms with Crippen LogP contribution >= 0.6 is 0 Å². The lowest BCUT2D eigenvalue weighted by Gasteiger charge is -2.34. The van der Waals surface area contributed by atoms with Crippen LogP contribution in [-0.2, 0) is 4.74 Å². The third-order valence-electron chi connectivity index (χ3n) is 4.85. The summed E-state index contributed by atoms with van der Waals surface area (Å²) in [7, 11) is 4.41. The van der Waals surface area contributed by atoms with Crippen molar-refractivity contribution in [1.82, 2.24) is 0 Å². The molecular weight excluding hydrogens is 324 g/mol. The first-order chi connectivity index (χ1) is 11.9. The van der Waals surface area contributed by atoms with Crippen molar-refractivity contribution in [1.29, 1.82) is 0 Å². The standard InChI is InChI=1S/C19H22O6/c1-8-7-11-13(10(3)25-8)16(21)14-12(15(11)20)9(2)17(22-4)19(24-6)18(14)23-5/h8,10H,7H2,1-6H3/t8?,10-/m1/s1. The van der Waals surface area contributed by atoms with Gasteiger partial charge in [0.1, 0.15) is 0 Å². The molecule has 1 heterocycles. The summed E-state index contributed by atoms with van der Waals surface area (Å²) >= 11 is 0. The summed E-state index contributed by atoms with van der Waals surface area (Å²) in [6.45, 7) is 5.44. The Morgan fingerprint density at radius 3 is 2.04 bits per heavy atom. The molecule has 6 nitrogen and oxygen atoms in total. The quantitative estimate of drug-likeness (QED) is 0.838. The minimum absolute atomic E-state index is 0.116. The molecule has 25 heavy (non-hydrogen) atoms. The van der Waals surface area contributed by atoms with Crippen LogP contribution in [0.15, 0.2) is 11.1 Å². The fourth-order valence-electron chi connectivity index (χ4n) is 3.86. The molecule has 1 unspecified atom stereocenters. The second-order valence-electron chi connectivity index (χ2n) is 6.32. The molecule has 6 heteroatoms. The number of hydrogen-bond acceptors (Lipinski definition) is 6. The first-order valence-corrected chi connectivity index (χ1v) is 8.17. The Hall–Kier alpha value is -2.34. The van der Waals surface area contributed by atoms with Crippen LogP contribution in [0.1, 0.15) is 46.5 Å². The van der Waals surface area contributed by atoms with Gasteiger partial charge in [0.05, 0.1) is 39.1 Å². The van der Waals surface area contributed by atoms with Crippen LogP contribution in [0, 0.1) is 6.92 Å². The molecule has 1 aromatic carbocycles. The highest BCUT2D eigenvalue weighted by Gasteiger charge is 2.43. The Balaban J connectivity index is 2.37.